The van der Waals surface area contributed by atoms with Gasteiger partial charge in [-0.3, -0.25) is 14.5 Å². The van der Waals surface area contributed by atoms with Gasteiger partial charge in [0, 0.05) is 24.6 Å². The SMILES string of the molecule is CCCCCCCCCCCCOc1ccc(C(=O)N(Cc2cccc[n+]2CC)C(C)=O)c(C)c1. The Morgan fingerprint density at radius 1 is 0.886 bits per heavy atom. The number of hydrogen-bond donors (Lipinski definition) is 0. The van der Waals surface area contributed by atoms with Crippen molar-refractivity contribution < 1.29 is 18.9 Å². The van der Waals surface area contributed by atoms with Crippen LogP contribution in [0.5, 0.6) is 5.75 Å². The van der Waals surface area contributed by atoms with E-state index in [1.165, 1.54) is 69.6 Å². The molecule has 1 aromatic heterocycles. The Balaban J connectivity index is 1.82. The van der Waals surface area contributed by atoms with Crippen LogP contribution < -0.4 is 9.30 Å². The van der Waals surface area contributed by atoms with Crippen molar-refractivity contribution in [1.82, 2.24) is 4.90 Å². The molecule has 2 amide bonds. The number of hydrogen-bond acceptors (Lipinski definition) is 3. The second-order valence-corrected chi connectivity index (χ2v) is 9.40. The number of carbonyl (C=O) groups is 2. The van der Waals surface area contributed by atoms with Crippen molar-refractivity contribution in [2.75, 3.05) is 6.61 Å². The highest BCUT2D eigenvalue weighted by atomic mass is 16.5. The standard InChI is InChI=1S/C30H45N2O3/c1-5-7-8-9-10-11-12-13-14-17-22-35-28-19-20-29(25(3)23-28)30(34)32(26(4)33)24-27-18-15-16-21-31(27)6-2/h15-16,18-21,23H,5-14,17,22,24H2,1-4H3/q+1. The van der Waals surface area contributed by atoms with Crippen LogP contribution in [0.2, 0.25) is 0 Å². The number of nitrogens with zero attached hydrogens (tertiary/aromatic N) is 2. The maximum atomic E-state index is 13.2. The van der Waals surface area contributed by atoms with E-state index in [0.717, 1.165) is 30.0 Å². The predicted octanol–water partition coefficient (Wildman–Crippen LogP) is 6.79. The lowest BCUT2D eigenvalue weighted by atomic mass is 10.1. The van der Waals surface area contributed by atoms with Crippen LogP contribution in [-0.4, -0.2) is 23.3 Å². The van der Waals surface area contributed by atoms with E-state index in [9.17, 15) is 9.59 Å². The molecule has 0 radical (unpaired) electrons. The third-order valence-electron chi connectivity index (χ3n) is 6.52. The maximum Gasteiger partial charge on any atom is 0.261 e. The van der Waals surface area contributed by atoms with Crippen LogP contribution in [0.3, 0.4) is 0 Å². The number of unbranched alkanes of at least 4 members (excludes halogenated alkanes) is 9. The zero-order valence-electron chi connectivity index (χ0n) is 22.4. The Labute approximate surface area is 212 Å². The van der Waals surface area contributed by atoms with Crippen molar-refractivity contribution >= 4 is 11.8 Å². The summed E-state index contributed by atoms with van der Waals surface area (Å²) in [5, 5.41) is 0. The van der Waals surface area contributed by atoms with E-state index in [2.05, 4.69) is 6.92 Å². The number of rotatable bonds is 16. The van der Waals surface area contributed by atoms with Crippen molar-refractivity contribution in [2.45, 2.75) is 105 Å². The fraction of sp³-hybridized carbons (Fsp3) is 0.567. The van der Waals surface area contributed by atoms with Crippen LogP contribution in [0.4, 0.5) is 0 Å². The molecule has 0 fully saturated rings. The van der Waals surface area contributed by atoms with Crippen molar-refractivity contribution in [3.8, 4) is 5.75 Å². The van der Waals surface area contributed by atoms with Crippen LogP contribution in [0.25, 0.3) is 0 Å². The summed E-state index contributed by atoms with van der Waals surface area (Å²) in [5.41, 5.74) is 2.27. The van der Waals surface area contributed by atoms with E-state index < -0.39 is 0 Å². The van der Waals surface area contributed by atoms with Gasteiger partial charge >= 0.3 is 0 Å². The molecule has 5 heteroatoms. The van der Waals surface area contributed by atoms with E-state index in [4.69, 9.17) is 4.74 Å². The minimum atomic E-state index is -0.275. The topological polar surface area (TPSA) is 50.5 Å². The molecule has 0 saturated carbocycles. The van der Waals surface area contributed by atoms with E-state index in [0.29, 0.717) is 12.2 Å². The average Bonchev–Trinajstić information content (AvgIpc) is 2.85. The number of ether oxygens (including phenoxy) is 1. The summed E-state index contributed by atoms with van der Waals surface area (Å²) in [6, 6.07) is 11.3. The van der Waals surface area contributed by atoms with Crippen molar-refractivity contribution in [3.63, 3.8) is 0 Å². The zero-order valence-corrected chi connectivity index (χ0v) is 22.4. The normalized spacial score (nSPS) is 10.9. The van der Waals surface area contributed by atoms with E-state index in [1.54, 1.807) is 6.07 Å². The summed E-state index contributed by atoms with van der Waals surface area (Å²) in [6.07, 6.45) is 14.9. The van der Waals surface area contributed by atoms with Crippen molar-refractivity contribution in [2.24, 2.45) is 0 Å². The van der Waals surface area contributed by atoms with E-state index in [-0.39, 0.29) is 18.4 Å². The molecule has 0 N–H and O–H groups in total. The molecule has 1 aromatic carbocycles. The molecule has 0 unspecified atom stereocenters. The molecule has 0 aliphatic rings. The molecule has 2 rings (SSSR count). The minimum absolute atomic E-state index is 0.249. The van der Waals surface area contributed by atoms with Gasteiger partial charge in [0.2, 0.25) is 11.6 Å². The van der Waals surface area contributed by atoms with Gasteiger partial charge in [0.25, 0.3) is 5.91 Å². The number of aromatic nitrogens is 1. The molecule has 0 aliphatic carbocycles. The molecule has 0 atom stereocenters. The quantitative estimate of drug-likeness (QED) is 0.196. The summed E-state index contributed by atoms with van der Waals surface area (Å²) >= 11 is 0. The summed E-state index contributed by atoms with van der Waals surface area (Å²) in [4.78, 5) is 26.9. The van der Waals surface area contributed by atoms with Crippen molar-refractivity contribution in [1.29, 1.82) is 0 Å². The number of imide groups is 1. The third kappa shape index (κ3) is 9.83. The van der Waals surface area contributed by atoms with Gasteiger partial charge in [-0.25, -0.2) is 4.57 Å². The highest BCUT2D eigenvalue weighted by Gasteiger charge is 2.25. The highest BCUT2D eigenvalue weighted by Crippen LogP contribution is 2.20. The van der Waals surface area contributed by atoms with E-state index >= 15 is 0 Å². The molecule has 2 aromatic rings. The first-order valence-electron chi connectivity index (χ1n) is 13.5. The number of benzene rings is 1. The first-order chi connectivity index (χ1) is 17.0. The lowest BCUT2D eigenvalue weighted by Crippen LogP contribution is -2.43. The average molecular weight is 482 g/mol. The lowest BCUT2D eigenvalue weighted by molar-refractivity contribution is -0.701. The van der Waals surface area contributed by atoms with Crippen LogP contribution in [0, 0.1) is 6.92 Å². The largest absolute Gasteiger partial charge is 0.494 e. The smallest absolute Gasteiger partial charge is 0.261 e. The molecule has 0 spiro atoms. The van der Waals surface area contributed by atoms with Gasteiger partial charge in [-0.05, 0) is 44.0 Å². The van der Waals surface area contributed by atoms with Gasteiger partial charge in [0.05, 0.1) is 6.61 Å². The highest BCUT2D eigenvalue weighted by molar-refractivity contribution is 6.04. The lowest BCUT2D eigenvalue weighted by Gasteiger charge is -2.19. The van der Waals surface area contributed by atoms with Gasteiger partial charge < -0.3 is 4.74 Å². The second kappa shape index (κ2) is 16.1. The Morgan fingerprint density at radius 3 is 2.14 bits per heavy atom. The van der Waals surface area contributed by atoms with Crippen molar-refractivity contribution in [3.05, 3.63) is 59.4 Å². The molecule has 0 aliphatic heterocycles. The molecule has 192 valence electrons. The van der Waals surface area contributed by atoms with Crippen LogP contribution in [0.15, 0.2) is 42.6 Å². The zero-order chi connectivity index (χ0) is 25.5. The Kier molecular flexibility index (Phi) is 13.1. The van der Waals surface area contributed by atoms with Crippen LogP contribution >= 0.6 is 0 Å². The Bertz CT molecular complexity index is 926. The molecule has 0 bridgehead atoms. The molecule has 35 heavy (non-hydrogen) atoms. The Morgan fingerprint density at radius 2 is 1.54 bits per heavy atom. The predicted molar refractivity (Wildman–Crippen MR) is 141 cm³/mol. The van der Waals surface area contributed by atoms with Gasteiger partial charge in [-0.15, -0.1) is 0 Å². The second-order valence-electron chi connectivity index (χ2n) is 9.40. The monoisotopic (exact) mass is 481 g/mol. The summed E-state index contributed by atoms with van der Waals surface area (Å²) < 4.78 is 7.97. The molecule has 5 nitrogen and oxygen atoms in total. The van der Waals surface area contributed by atoms with Gasteiger partial charge in [-0.1, -0.05) is 70.8 Å². The molecular formula is C30H45N2O3+. The first kappa shape index (κ1) is 28.5. The third-order valence-corrected chi connectivity index (χ3v) is 6.52. The summed E-state index contributed by atoms with van der Waals surface area (Å²) in [5.74, 6) is 0.237. The maximum absolute atomic E-state index is 13.2. The number of aryl methyl sites for hydroxylation is 2. The summed E-state index contributed by atoms with van der Waals surface area (Å²) in [7, 11) is 0. The van der Waals surface area contributed by atoms with Crippen LogP contribution in [0.1, 0.15) is 107 Å². The summed E-state index contributed by atoms with van der Waals surface area (Å²) in [6.45, 7) is 9.35. The van der Waals surface area contributed by atoms with Gasteiger partial charge in [0.15, 0.2) is 6.20 Å². The van der Waals surface area contributed by atoms with Gasteiger partial charge in [-0.2, -0.15) is 0 Å². The van der Waals surface area contributed by atoms with Crippen LogP contribution in [-0.2, 0) is 17.9 Å². The first-order valence-corrected chi connectivity index (χ1v) is 13.5. The minimum Gasteiger partial charge on any atom is -0.494 e. The Hall–Kier alpha value is -2.69. The van der Waals surface area contributed by atoms with E-state index in [1.807, 2.05) is 54.9 Å². The number of pyridine rings is 1. The molecule has 0 saturated heterocycles. The number of carbonyl (C=O) groups excluding carboxylic acids is 2. The fourth-order valence-corrected chi connectivity index (χ4v) is 4.34. The number of amides is 2. The van der Waals surface area contributed by atoms with Gasteiger partial charge in [0.1, 0.15) is 18.8 Å². The molecular weight excluding hydrogens is 436 g/mol. The fourth-order valence-electron chi connectivity index (χ4n) is 4.34. The molecule has 1 heterocycles.